The summed E-state index contributed by atoms with van der Waals surface area (Å²) >= 11 is 4.35. The Kier molecular flexibility index (Phi) is 4.22. The average molecular weight is 277 g/mol. The molecular weight excluding hydrogens is 261 g/mol. The summed E-state index contributed by atoms with van der Waals surface area (Å²) in [4.78, 5) is 4.21. The van der Waals surface area contributed by atoms with E-state index in [2.05, 4.69) is 17.2 Å². The van der Waals surface area contributed by atoms with Crippen molar-refractivity contribution in [3.63, 3.8) is 0 Å². The summed E-state index contributed by atoms with van der Waals surface area (Å²) < 4.78 is 21.6. The second-order valence-corrected chi connectivity index (χ2v) is 7.21. The van der Waals surface area contributed by atoms with Gasteiger partial charge in [0.25, 0.3) is 0 Å². The Morgan fingerprint density at radius 1 is 1.53 bits per heavy atom. The Bertz CT molecular complexity index is 406. The third-order valence-electron chi connectivity index (χ3n) is 2.27. The number of methoxy groups -OCH3 is 1. The minimum absolute atomic E-state index is 0.396. The summed E-state index contributed by atoms with van der Waals surface area (Å²) in [7, 11) is -1.28. The van der Waals surface area contributed by atoms with Gasteiger partial charge in [0, 0.05) is 0 Å². The van der Waals surface area contributed by atoms with Crippen LogP contribution >= 0.6 is 19.4 Å². The number of thiol groups is 1. The Labute approximate surface area is 106 Å². The summed E-state index contributed by atoms with van der Waals surface area (Å²) in [5.74, 6) is 0.556. The SMILES string of the molecule is COCCO[PH]1(S)OCc2cc(C)cnc2O1. The fourth-order valence-corrected chi connectivity index (χ4v) is 3.49. The molecule has 0 saturated carbocycles. The first-order valence-corrected chi connectivity index (χ1v) is 8.28. The molecule has 96 valence electrons. The van der Waals surface area contributed by atoms with Crippen molar-refractivity contribution < 1.29 is 18.3 Å². The van der Waals surface area contributed by atoms with Gasteiger partial charge in [0.15, 0.2) is 0 Å². The molecule has 1 aliphatic heterocycles. The fraction of sp³-hybridized carbons (Fsp3) is 0.500. The number of hydrogen-bond acceptors (Lipinski definition) is 6. The van der Waals surface area contributed by atoms with Crippen molar-refractivity contribution in [2.24, 2.45) is 0 Å². The Hall–Kier alpha value is -0.390. The topological polar surface area (TPSA) is 49.8 Å². The second kappa shape index (κ2) is 5.50. The van der Waals surface area contributed by atoms with E-state index in [0.29, 0.717) is 25.7 Å². The van der Waals surface area contributed by atoms with Gasteiger partial charge in [-0.15, -0.1) is 0 Å². The summed E-state index contributed by atoms with van der Waals surface area (Å²) in [5, 5.41) is 0. The zero-order chi connectivity index (χ0) is 12.3. The van der Waals surface area contributed by atoms with E-state index in [9.17, 15) is 0 Å². The van der Waals surface area contributed by atoms with E-state index in [0.717, 1.165) is 11.1 Å². The van der Waals surface area contributed by atoms with Gasteiger partial charge in [-0.25, -0.2) is 0 Å². The molecule has 17 heavy (non-hydrogen) atoms. The van der Waals surface area contributed by atoms with Crippen molar-refractivity contribution in [2.75, 3.05) is 20.3 Å². The minimum atomic E-state index is -2.89. The predicted molar refractivity (Wildman–Crippen MR) is 69.5 cm³/mol. The van der Waals surface area contributed by atoms with Crippen molar-refractivity contribution in [3.05, 3.63) is 23.4 Å². The number of fused-ring (bicyclic) bond motifs is 1. The van der Waals surface area contributed by atoms with Gasteiger partial charge < -0.3 is 0 Å². The van der Waals surface area contributed by atoms with Gasteiger partial charge in [-0.05, 0) is 0 Å². The maximum atomic E-state index is 5.61. The summed E-state index contributed by atoms with van der Waals surface area (Å²) in [5.41, 5.74) is 2.00. The maximum absolute atomic E-state index is 5.61. The van der Waals surface area contributed by atoms with Crippen molar-refractivity contribution in [2.45, 2.75) is 13.5 Å². The molecule has 0 atom stereocenters. The van der Waals surface area contributed by atoms with Gasteiger partial charge >= 0.3 is 106 Å². The van der Waals surface area contributed by atoms with Crippen LogP contribution in [0.15, 0.2) is 12.3 Å². The number of hydrogen-bond donors (Lipinski definition) is 1. The van der Waals surface area contributed by atoms with Crippen LogP contribution in [-0.2, 0) is 20.4 Å². The standard InChI is InChI=1S/C10H16NO4PS/c1-8-5-9-7-14-16(17,13-4-3-12-2)15-10(9)11-6-8/h5-6,16-17H,3-4,7H2,1-2H3. The van der Waals surface area contributed by atoms with E-state index in [-0.39, 0.29) is 0 Å². The van der Waals surface area contributed by atoms with E-state index in [1.54, 1.807) is 13.3 Å². The zero-order valence-electron chi connectivity index (χ0n) is 9.80. The van der Waals surface area contributed by atoms with Crippen LogP contribution in [0.1, 0.15) is 11.1 Å². The molecule has 0 spiro atoms. The third-order valence-corrected chi connectivity index (χ3v) is 4.85. The molecule has 2 rings (SSSR count). The molecule has 0 bridgehead atoms. The van der Waals surface area contributed by atoms with Crippen LogP contribution in [0.25, 0.3) is 0 Å². The van der Waals surface area contributed by atoms with Crippen LogP contribution in [0.5, 0.6) is 5.88 Å². The zero-order valence-corrected chi connectivity index (χ0v) is 11.7. The number of ether oxygens (including phenoxy) is 1. The number of pyridine rings is 1. The number of nitrogens with zero attached hydrogens (tertiary/aromatic N) is 1. The van der Waals surface area contributed by atoms with Crippen molar-refractivity contribution in [1.82, 2.24) is 4.98 Å². The molecule has 0 fully saturated rings. The second-order valence-electron chi connectivity index (χ2n) is 3.73. The molecule has 7 heteroatoms. The quantitative estimate of drug-likeness (QED) is 0.520. The van der Waals surface area contributed by atoms with Crippen LogP contribution in [-0.4, -0.2) is 25.3 Å². The summed E-state index contributed by atoms with van der Waals surface area (Å²) in [6.45, 7) is 3.28. The van der Waals surface area contributed by atoms with E-state index < -0.39 is 7.15 Å². The molecule has 0 unspecified atom stereocenters. The molecule has 2 heterocycles. The molecule has 0 saturated heterocycles. The van der Waals surface area contributed by atoms with Crippen molar-refractivity contribution in [3.8, 4) is 5.88 Å². The molecule has 1 aromatic rings. The summed E-state index contributed by atoms with van der Waals surface area (Å²) in [6.07, 6.45) is 1.75. The summed E-state index contributed by atoms with van der Waals surface area (Å²) in [6, 6.07) is 1.99. The first-order valence-electron chi connectivity index (χ1n) is 5.27. The van der Waals surface area contributed by atoms with E-state index in [1.807, 2.05) is 13.0 Å². The van der Waals surface area contributed by atoms with Crippen molar-refractivity contribution >= 4 is 19.4 Å². The van der Waals surface area contributed by atoms with E-state index in [1.165, 1.54) is 0 Å². The monoisotopic (exact) mass is 277 g/mol. The van der Waals surface area contributed by atoms with Crippen LogP contribution in [0.3, 0.4) is 0 Å². The number of aryl methyl sites for hydroxylation is 1. The van der Waals surface area contributed by atoms with Crippen LogP contribution in [0.4, 0.5) is 0 Å². The van der Waals surface area contributed by atoms with Gasteiger partial charge in [0.2, 0.25) is 0 Å². The molecule has 0 aliphatic carbocycles. The Morgan fingerprint density at radius 3 is 3.12 bits per heavy atom. The molecule has 0 aromatic carbocycles. The Balaban J connectivity index is 2.04. The Morgan fingerprint density at radius 2 is 2.35 bits per heavy atom. The van der Waals surface area contributed by atoms with Gasteiger partial charge in [0.05, 0.1) is 0 Å². The third kappa shape index (κ3) is 3.30. The molecule has 1 aliphatic rings. The molecule has 5 nitrogen and oxygen atoms in total. The van der Waals surface area contributed by atoms with Gasteiger partial charge in [0.1, 0.15) is 0 Å². The van der Waals surface area contributed by atoms with Gasteiger partial charge in [-0.3, -0.25) is 0 Å². The molecular formula is C10H16NO4PS. The fourth-order valence-electron chi connectivity index (χ4n) is 1.46. The van der Waals surface area contributed by atoms with Gasteiger partial charge in [-0.1, -0.05) is 0 Å². The first kappa shape index (κ1) is 13.1. The molecule has 1 aromatic heterocycles. The average Bonchev–Trinajstić information content (AvgIpc) is 2.30. The molecule has 0 amide bonds. The van der Waals surface area contributed by atoms with Crippen LogP contribution in [0.2, 0.25) is 0 Å². The van der Waals surface area contributed by atoms with Crippen LogP contribution < -0.4 is 4.52 Å². The number of rotatable bonds is 4. The molecule has 0 N–H and O–H groups in total. The van der Waals surface area contributed by atoms with E-state index >= 15 is 0 Å². The normalized spacial score (nSPS) is 19.2. The predicted octanol–water partition coefficient (Wildman–Crippen LogP) is 2.30. The van der Waals surface area contributed by atoms with Crippen molar-refractivity contribution in [1.29, 1.82) is 0 Å². The van der Waals surface area contributed by atoms with Crippen LogP contribution in [0, 0.1) is 6.92 Å². The van der Waals surface area contributed by atoms with E-state index in [4.69, 9.17) is 18.3 Å². The van der Waals surface area contributed by atoms with Gasteiger partial charge in [-0.2, -0.15) is 0 Å². The first-order chi connectivity index (χ1) is 8.13. The molecule has 0 radical (unpaired) electrons. The number of aromatic nitrogens is 1.